The highest BCUT2D eigenvalue weighted by molar-refractivity contribution is 6.32. The first-order chi connectivity index (χ1) is 6.63. The third kappa shape index (κ3) is 1.10. The number of rotatable bonds is 0. The summed E-state index contributed by atoms with van der Waals surface area (Å²) in [7, 11) is 1.61. The van der Waals surface area contributed by atoms with Crippen molar-refractivity contribution in [1.29, 1.82) is 5.26 Å². The Kier molecular flexibility index (Phi) is 1.83. The normalized spacial score (nSPS) is 10.4. The second-order valence-corrected chi connectivity index (χ2v) is 3.37. The molecule has 1 N–H and O–H groups in total. The van der Waals surface area contributed by atoms with Gasteiger partial charge in [0.1, 0.15) is 6.07 Å². The fourth-order valence-electron chi connectivity index (χ4n) is 1.34. The van der Waals surface area contributed by atoms with Crippen molar-refractivity contribution in [3.05, 3.63) is 33.1 Å². The third-order valence-electron chi connectivity index (χ3n) is 2.05. The standard InChI is InChI=1S/C9H6ClN3O/c1-13-9(14)6-2-5(4-11)7(10)3-8(6)12-13/h2-3,12H,1H3. The molecule has 0 aliphatic rings. The number of aromatic amines is 1. The van der Waals surface area contributed by atoms with E-state index in [2.05, 4.69) is 5.10 Å². The molecule has 0 aliphatic heterocycles. The molecule has 0 fully saturated rings. The molecule has 70 valence electrons. The molecule has 1 aromatic heterocycles. The molecule has 0 saturated heterocycles. The number of nitrogens with one attached hydrogen (secondary N) is 1. The van der Waals surface area contributed by atoms with Crippen LogP contribution in [-0.2, 0) is 7.05 Å². The Labute approximate surface area is 84.3 Å². The monoisotopic (exact) mass is 207 g/mol. The van der Waals surface area contributed by atoms with Gasteiger partial charge in [-0.05, 0) is 12.1 Å². The minimum atomic E-state index is -0.159. The Hall–Kier alpha value is -1.73. The first-order valence-corrected chi connectivity index (χ1v) is 4.29. The van der Waals surface area contributed by atoms with Crippen LogP contribution in [0, 0.1) is 11.3 Å². The number of aryl methyl sites for hydroxylation is 1. The summed E-state index contributed by atoms with van der Waals surface area (Å²) < 4.78 is 1.35. The minimum absolute atomic E-state index is 0.159. The van der Waals surface area contributed by atoms with Gasteiger partial charge in [-0.3, -0.25) is 14.6 Å². The summed E-state index contributed by atoms with van der Waals surface area (Å²) >= 11 is 5.81. The van der Waals surface area contributed by atoms with Gasteiger partial charge in [0.2, 0.25) is 0 Å². The summed E-state index contributed by atoms with van der Waals surface area (Å²) in [6.07, 6.45) is 0. The van der Waals surface area contributed by atoms with Crippen molar-refractivity contribution in [3.8, 4) is 6.07 Å². The van der Waals surface area contributed by atoms with Crippen LogP contribution in [0.5, 0.6) is 0 Å². The quantitative estimate of drug-likeness (QED) is 0.710. The molecule has 0 bridgehead atoms. The highest BCUT2D eigenvalue weighted by atomic mass is 35.5. The number of fused-ring (bicyclic) bond motifs is 1. The van der Waals surface area contributed by atoms with E-state index in [0.29, 0.717) is 21.5 Å². The van der Waals surface area contributed by atoms with E-state index in [4.69, 9.17) is 16.9 Å². The lowest BCUT2D eigenvalue weighted by molar-refractivity contribution is 0.751. The predicted molar refractivity (Wildman–Crippen MR) is 53.3 cm³/mol. The molecule has 1 aromatic carbocycles. The van der Waals surface area contributed by atoms with E-state index < -0.39 is 0 Å². The molecule has 2 rings (SSSR count). The first kappa shape index (κ1) is 8.85. The molecule has 4 nitrogen and oxygen atoms in total. The molecular formula is C9H6ClN3O. The minimum Gasteiger partial charge on any atom is -0.295 e. The van der Waals surface area contributed by atoms with Crippen molar-refractivity contribution >= 4 is 22.5 Å². The van der Waals surface area contributed by atoms with E-state index in [-0.39, 0.29) is 5.56 Å². The fourth-order valence-corrected chi connectivity index (χ4v) is 1.55. The van der Waals surface area contributed by atoms with Crippen molar-refractivity contribution < 1.29 is 0 Å². The maximum absolute atomic E-state index is 11.5. The Morgan fingerprint density at radius 1 is 1.57 bits per heavy atom. The number of benzene rings is 1. The van der Waals surface area contributed by atoms with E-state index in [1.54, 1.807) is 13.1 Å². The van der Waals surface area contributed by atoms with Gasteiger partial charge in [-0.2, -0.15) is 5.26 Å². The van der Waals surface area contributed by atoms with Gasteiger partial charge in [0, 0.05) is 7.05 Å². The van der Waals surface area contributed by atoms with Gasteiger partial charge in [0.05, 0.1) is 21.5 Å². The second kappa shape index (κ2) is 2.89. The second-order valence-electron chi connectivity index (χ2n) is 2.97. The Morgan fingerprint density at radius 2 is 2.29 bits per heavy atom. The van der Waals surface area contributed by atoms with Gasteiger partial charge in [-0.25, -0.2) is 0 Å². The van der Waals surface area contributed by atoms with Gasteiger partial charge < -0.3 is 0 Å². The molecule has 2 aromatic rings. The summed E-state index contributed by atoms with van der Waals surface area (Å²) in [6.45, 7) is 0. The smallest absolute Gasteiger partial charge is 0.274 e. The first-order valence-electron chi connectivity index (χ1n) is 3.92. The number of halogens is 1. The fraction of sp³-hybridized carbons (Fsp3) is 0.111. The van der Waals surface area contributed by atoms with Crippen LogP contribution in [0.15, 0.2) is 16.9 Å². The molecule has 0 spiro atoms. The van der Waals surface area contributed by atoms with Crippen LogP contribution in [-0.4, -0.2) is 9.78 Å². The summed E-state index contributed by atoms with van der Waals surface area (Å²) in [5.74, 6) is 0. The molecule has 0 atom stereocenters. The number of H-pyrrole nitrogens is 1. The number of hydrogen-bond acceptors (Lipinski definition) is 2. The van der Waals surface area contributed by atoms with Crippen LogP contribution >= 0.6 is 11.6 Å². The zero-order chi connectivity index (χ0) is 10.3. The van der Waals surface area contributed by atoms with Gasteiger partial charge in [0.25, 0.3) is 5.56 Å². The van der Waals surface area contributed by atoms with Gasteiger partial charge in [0.15, 0.2) is 0 Å². The van der Waals surface area contributed by atoms with Crippen molar-refractivity contribution in [2.75, 3.05) is 0 Å². The van der Waals surface area contributed by atoms with Crippen molar-refractivity contribution in [2.45, 2.75) is 0 Å². The van der Waals surface area contributed by atoms with E-state index in [1.165, 1.54) is 10.7 Å². The summed E-state index contributed by atoms with van der Waals surface area (Å²) in [5, 5.41) is 12.4. The van der Waals surface area contributed by atoms with Gasteiger partial charge in [-0.15, -0.1) is 0 Å². The molecule has 0 unspecified atom stereocenters. The van der Waals surface area contributed by atoms with E-state index >= 15 is 0 Å². The maximum atomic E-state index is 11.5. The summed E-state index contributed by atoms with van der Waals surface area (Å²) in [6, 6.07) is 5.01. The highest BCUT2D eigenvalue weighted by Crippen LogP contribution is 2.20. The topological polar surface area (TPSA) is 61.6 Å². The van der Waals surface area contributed by atoms with E-state index in [0.717, 1.165) is 0 Å². The van der Waals surface area contributed by atoms with Crippen molar-refractivity contribution in [3.63, 3.8) is 0 Å². The number of nitrogens with zero attached hydrogens (tertiary/aromatic N) is 2. The van der Waals surface area contributed by atoms with Gasteiger partial charge in [-0.1, -0.05) is 11.6 Å². The molecule has 0 radical (unpaired) electrons. The largest absolute Gasteiger partial charge is 0.295 e. The lowest BCUT2D eigenvalue weighted by Crippen LogP contribution is -2.11. The zero-order valence-corrected chi connectivity index (χ0v) is 8.09. The number of hydrogen-bond donors (Lipinski definition) is 1. The number of nitriles is 1. The SMILES string of the molecule is Cn1[nH]c2cc(Cl)c(C#N)cc2c1=O. The van der Waals surface area contributed by atoms with E-state index in [1.807, 2.05) is 6.07 Å². The van der Waals surface area contributed by atoms with E-state index in [9.17, 15) is 4.79 Å². The maximum Gasteiger partial charge on any atom is 0.274 e. The number of aromatic nitrogens is 2. The van der Waals surface area contributed by atoms with Crippen LogP contribution in [0.1, 0.15) is 5.56 Å². The van der Waals surface area contributed by atoms with Crippen molar-refractivity contribution in [1.82, 2.24) is 9.78 Å². The lowest BCUT2D eigenvalue weighted by Gasteiger charge is -1.92. The van der Waals surface area contributed by atoms with Gasteiger partial charge >= 0.3 is 0 Å². The van der Waals surface area contributed by atoms with Crippen LogP contribution in [0.25, 0.3) is 10.9 Å². The molecule has 5 heteroatoms. The van der Waals surface area contributed by atoms with Crippen LogP contribution in [0.2, 0.25) is 5.02 Å². The molecule has 1 heterocycles. The average Bonchev–Trinajstić information content (AvgIpc) is 2.41. The lowest BCUT2D eigenvalue weighted by atomic mass is 10.2. The molecule has 0 saturated carbocycles. The van der Waals surface area contributed by atoms with Crippen LogP contribution in [0.4, 0.5) is 0 Å². The zero-order valence-electron chi connectivity index (χ0n) is 7.34. The van der Waals surface area contributed by atoms with Crippen LogP contribution < -0.4 is 5.56 Å². The predicted octanol–water partition coefficient (Wildman–Crippen LogP) is 1.39. The summed E-state index contributed by atoms with van der Waals surface area (Å²) in [5.41, 5.74) is 0.797. The summed E-state index contributed by atoms with van der Waals surface area (Å²) in [4.78, 5) is 11.5. The Bertz CT molecular complexity index is 603. The molecular weight excluding hydrogens is 202 g/mol. The molecule has 14 heavy (non-hydrogen) atoms. The Morgan fingerprint density at radius 3 is 2.93 bits per heavy atom. The van der Waals surface area contributed by atoms with Crippen LogP contribution in [0.3, 0.4) is 0 Å². The van der Waals surface area contributed by atoms with Crippen molar-refractivity contribution in [2.24, 2.45) is 7.05 Å². The Balaban J connectivity index is 2.96. The highest BCUT2D eigenvalue weighted by Gasteiger charge is 2.08. The molecule has 0 aliphatic carbocycles. The molecule has 0 amide bonds. The third-order valence-corrected chi connectivity index (χ3v) is 2.36. The average molecular weight is 208 g/mol.